The number of ether oxygens (including phenoxy) is 1. The third kappa shape index (κ3) is 3.91. The van der Waals surface area contributed by atoms with E-state index in [-0.39, 0.29) is 23.8 Å². The van der Waals surface area contributed by atoms with Crippen molar-refractivity contribution in [1.82, 2.24) is 14.5 Å². The summed E-state index contributed by atoms with van der Waals surface area (Å²) in [5.74, 6) is -0.155. The quantitative estimate of drug-likeness (QED) is 0.556. The van der Waals surface area contributed by atoms with Crippen LogP contribution >= 0.6 is 0 Å². The van der Waals surface area contributed by atoms with Gasteiger partial charge in [-0.05, 0) is 43.5 Å². The summed E-state index contributed by atoms with van der Waals surface area (Å²) < 4.78 is 21.7. The molecule has 3 aromatic rings. The molecule has 1 aliphatic carbocycles. The SMILES string of the molecule is C=CC(=O)N1CCN(c2cc3cnc(N)nc3n([C@H]3CC[C@H](OC)C(F)C3)c2=O)c2cccc(C)c21. The molecule has 3 atom stereocenters. The van der Waals surface area contributed by atoms with E-state index in [0.717, 1.165) is 16.9 Å². The van der Waals surface area contributed by atoms with Crippen molar-refractivity contribution in [3.05, 3.63) is 59.0 Å². The summed E-state index contributed by atoms with van der Waals surface area (Å²) in [6.07, 6.45) is 2.38. The lowest BCUT2D eigenvalue weighted by molar-refractivity contribution is -0.114. The second kappa shape index (κ2) is 9.34. The largest absolute Gasteiger partial charge is 0.378 e. The zero-order valence-electron chi connectivity index (χ0n) is 20.4. The van der Waals surface area contributed by atoms with Crippen molar-refractivity contribution in [3.8, 4) is 0 Å². The van der Waals surface area contributed by atoms with Gasteiger partial charge in [0.05, 0.1) is 17.5 Å². The van der Waals surface area contributed by atoms with Crippen molar-refractivity contribution in [1.29, 1.82) is 0 Å². The second-order valence-electron chi connectivity index (χ2n) is 9.26. The highest BCUT2D eigenvalue weighted by atomic mass is 19.1. The highest BCUT2D eigenvalue weighted by Crippen LogP contribution is 2.40. The summed E-state index contributed by atoms with van der Waals surface area (Å²) in [5.41, 5.74) is 8.76. The third-order valence-corrected chi connectivity index (χ3v) is 7.18. The Labute approximate surface area is 208 Å². The fraction of sp³-hybridized carbons (Fsp3) is 0.385. The molecule has 2 aliphatic rings. The molecular formula is C26H29FN6O3. The molecule has 9 nitrogen and oxygen atoms in total. The predicted octanol–water partition coefficient (Wildman–Crippen LogP) is 3.43. The Morgan fingerprint density at radius 1 is 1.28 bits per heavy atom. The Balaban J connectivity index is 1.69. The van der Waals surface area contributed by atoms with Crippen molar-refractivity contribution in [2.24, 2.45) is 0 Å². The summed E-state index contributed by atoms with van der Waals surface area (Å²) in [6.45, 7) is 6.33. The van der Waals surface area contributed by atoms with Crippen LogP contribution in [0.4, 0.5) is 27.4 Å². The number of fused-ring (bicyclic) bond motifs is 2. The number of methoxy groups -OCH3 is 1. The minimum atomic E-state index is -1.20. The van der Waals surface area contributed by atoms with Crippen molar-refractivity contribution < 1.29 is 13.9 Å². The fourth-order valence-corrected chi connectivity index (χ4v) is 5.44. The number of anilines is 4. The Bertz CT molecular complexity index is 1410. The number of para-hydroxylation sites is 1. The molecule has 0 spiro atoms. The second-order valence-corrected chi connectivity index (χ2v) is 9.26. The van der Waals surface area contributed by atoms with E-state index in [9.17, 15) is 14.0 Å². The number of carbonyl (C=O) groups is 1. The maximum absolute atomic E-state index is 14.9. The molecule has 188 valence electrons. The number of pyridine rings is 1. The van der Waals surface area contributed by atoms with Crippen molar-refractivity contribution in [2.45, 2.75) is 44.5 Å². The van der Waals surface area contributed by atoms with Crippen LogP contribution in [0.2, 0.25) is 0 Å². The van der Waals surface area contributed by atoms with Crippen LogP contribution in [-0.2, 0) is 9.53 Å². The van der Waals surface area contributed by atoms with Crippen LogP contribution in [-0.4, -0.2) is 52.9 Å². The number of carbonyl (C=O) groups excluding carboxylic acids is 1. The lowest BCUT2D eigenvalue weighted by Crippen LogP contribution is -2.44. The Morgan fingerprint density at radius 3 is 2.81 bits per heavy atom. The monoisotopic (exact) mass is 492 g/mol. The van der Waals surface area contributed by atoms with Crippen LogP contribution in [0.5, 0.6) is 0 Å². The summed E-state index contributed by atoms with van der Waals surface area (Å²) >= 11 is 0. The van der Waals surface area contributed by atoms with E-state index >= 15 is 0 Å². The van der Waals surface area contributed by atoms with E-state index in [1.54, 1.807) is 21.7 Å². The Hall–Kier alpha value is -3.79. The number of amides is 1. The molecule has 5 rings (SSSR count). The number of halogens is 1. The first kappa shape index (κ1) is 23.9. The van der Waals surface area contributed by atoms with E-state index in [1.807, 2.05) is 30.0 Å². The van der Waals surface area contributed by atoms with Gasteiger partial charge in [0.1, 0.15) is 17.5 Å². The number of alkyl halides is 1. The van der Waals surface area contributed by atoms with Gasteiger partial charge >= 0.3 is 0 Å². The van der Waals surface area contributed by atoms with Gasteiger partial charge in [-0.2, -0.15) is 4.98 Å². The maximum atomic E-state index is 14.9. The molecule has 1 fully saturated rings. The number of benzene rings is 1. The normalized spacial score (nSPS) is 21.9. The molecule has 2 N–H and O–H groups in total. The zero-order chi connectivity index (χ0) is 25.6. The molecule has 0 radical (unpaired) electrons. The topological polar surface area (TPSA) is 107 Å². The molecule has 1 aliphatic heterocycles. The van der Waals surface area contributed by atoms with E-state index in [0.29, 0.717) is 42.7 Å². The van der Waals surface area contributed by atoms with Gasteiger partial charge in [0.2, 0.25) is 5.95 Å². The number of hydrogen-bond acceptors (Lipinski definition) is 7. The van der Waals surface area contributed by atoms with Gasteiger partial charge < -0.3 is 20.3 Å². The van der Waals surface area contributed by atoms with Crippen molar-refractivity contribution in [2.75, 3.05) is 35.7 Å². The van der Waals surface area contributed by atoms with Crippen LogP contribution in [0.3, 0.4) is 0 Å². The lowest BCUT2D eigenvalue weighted by Gasteiger charge is -2.38. The van der Waals surface area contributed by atoms with Crippen LogP contribution in [0, 0.1) is 6.92 Å². The average molecular weight is 493 g/mol. The molecular weight excluding hydrogens is 463 g/mol. The predicted molar refractivity (Wildman–Crippen MR) is 138 cm³/mol. The van der Waals surface area contributed by atoms with Crippen LogP contribution in [0.1, 0.15) is 30.9 Å². The summed E-state index contributed by atoms with van der Waals surface area (Å²) in [7, 11) is 1.50. The van der Waals surface area contributed by atoms with E-state index < -0.39 is 18.3 Å². The molecule has 36 heavy (non-hydrogen) atoms. The maximum Gasteiger partial charge on any atom is 0.276 e. The minimum Gasteiger partial charge on any atom is -0.378 e. The Morgan fingerprint density at radius 2 is 2.08 bits per heavy atom. The van der Waals surface area contributed by atoms with Crippen LogP contribution < -0.4 is 21.1 Å². The first-order valence-corrected chi connectivity index (χ1v) is 12.0. The van der Waals surface area contributed by atoms with Gasteiger partial charge in [-0.1, -0.05) is 18.7 Å². The minimum absolute atomic E-state index is 0.0447. The molecule has 1 amide bonds. The third-order valence-electron chi connectivity index (χ3n) is 7.18. The first-order valence-electron chi connectivity index (χ1n) is 12.0. The average Bonchev–Trinajstić information content (AvgIpc) is 2.87. The molecule has 10 heteroatoms. The molecule has 0 saturated heterocycles. The van der Waals surface area contributed by atoms with E-state index in [2.05, 4.69) is 16.5 Å². The fourth-order valence-electron chi connectivity index (χ4n) is 5.44. The van der Waals surface area contributed by atoms with Crippen molar-refractivity contribution in [3.63, 3.8) is 0 Å². The lowest BCUT2D eigenvalue weighted by atomic mass is 9.91. The zero-order valence-corrected chi connectivity index (χ0v) is 20.4. The molecule has 2 aromatic heterocycles. The smallest absolute Gasteiger partial charge is 0.276 e. The van der Waals surface area contributed by atoms with E-state index in [1.165, 1.54) is 13.2 Å². The van der Waals surface area contributed by atoms with Gasteiger partial charge in [-0.25, -0.2) is 9.37 Å². The summed E-state index contributed by atoms with van der Waals surface area (Å²) in [4.78, 5) is 38.8. The van der Waals surface area contributed by atoms with Gasteiger partial charge in [-0.15, -0.1) is 0 Å². The first-order chi connectivity index (χ1) is 17.3. The molecule has 3 heterocycles. The van der Waals surface area contributed by atoms with Gasteiger partial charge in [0, 0.05) is 44.2 Å². The number of nitrogens with two attached hydrogens (primary N) is 1. The molecule has 0 bridgehead atoms. The van der Waals surface area contributed by atoms with E-state index in [4.69, 9.17) is 10.5 Å². The van der Waals surface area contributed by atoms with Gasteiger partial charge in [-0.3, -0.25) is 14.2 Å². The number of rotatable bonds is 4. The molecule has 1 unspecified atom stereocenters. The Kier molecular flexibility index (Phi) is 6.21. The standard InChI is InChI=1S/C26H29FN6O3/c1-4-22(34)32-11-10-31(19-7-5-6-15(2)23(19)32)20-12-16-14-29-26(28)30-24(16)33(25(20)35)17-8-9-21(36-3)18(27)13-17/h4-7,12,14,17-18,21H,1,8-11,13H2,2-3H3,(H2,28,29,30)/t17-,18?,21-/m0/s1. The molecule has 1 aromatic carbocycles. The van der Waals surface area contributed by atoms with Crippen molar-refractivity contribution >= 4 is 40.0 Å². The number of nitrogens with zero attached hydrogens (tertiary/aromatic N) is 5. The van der Waals surface area contributed by atoms with Crippen LogP contribution in [0.25, 0.3) is 11.0 Å². The summed E-state index contributed by atoms with van der Waals surface area (Å²) in [5, 5.41) is 0.627. The highest BCUT2D eigenvalue weighted by Gasteiger charge is 2.35. The number of nitrogen functional groups attached to an aromatic ring is 1. The van der Waals surface area contributed by atoms with Gasteiger partial charge in [0.25, 0.3) is 11.5 Å². The number of aryl methyl sites for hydroxylation is 1. The molecule has 1 saturated carbocycles. The van der Waals surface area contributed by atoms with Gasteiger partial charge in [0.15, 0.2) is 0 Å². The number of aromatic nitrogens is 3. The number of hydrogen-bond donors (Lipinski definition) is 1. The summed E-state index contributed by atoms with van der Waals surface area (Å²) in [6, 6.07) is 7.05. The highest BCUT2D eigenvalue weighted by molar-refractivity contribution is 6.05. The van der Waals surface area contributed by atoms with Crippen LogP contribution in [0.15, 0.2) is 47.9 Å².